The van der Waals surface area contributed by atoms with Crippen LogP contribution < -0.4 is 4.74 Å². The first-order valence-electron chi connectivity index (χ1n) is 6.17. The topological polar surface area (TPSA) is 47.9 Å². The zero-order chi connectivity index (χ0) is 13.9. The van der Waals surface area contributed by atoms with Crippen molar-refractivity contribution in [1.29, 1.82) is 0 Å². The van der Waals surface area contributed by atoms with Gasteiger partial charge in [-0.3, -0.25) is 4.98 Å². The summed E-state index contributed by atoms with van der Waals surface area (Å²) in [5.41, 5.74) is 2.64. The molecular weight excluding hydrogens is 274 g/mol. The van der Waals surface area contributed by atoms with Gasteiger partial charge in [-0.1, -0.05) is 18.2 Å². The van der Waals surface area contributed by atoms with Crippen LogP contribution in [-0.4, -0.2) is 15.0 Å². The van der Waals surface area contributed by atoms with Gasteiger partial charge in [-0.2, -0.15) is 4.98 Å². The van der Waals surface area contributed by atoms with Crippen molar-refractivity contribution in [3.05, 3.63) is 54.0 Å². The molecule has 0 spiro atoms. The van der Waals surface area contributed by atoms with Gasteiger partial charge in [0, 0.05) is 22.8 Å². The van der Waals surface area contributed by atoms with Gasteiger partial charge >= 0.3 is 6.01 Å². The lowest BCUT2D eigenvalue weighted by Crippen LogP contribution is -1.97. The molecular formula is C15H12ClN3O. The van der Waals surface area contributed by atoms with Gasteiger partial charge in [0.1, 0.15) is 5.75 Å². The molecule has 20 heavy (non-hydrogen) atoms. The molecule has 0 radical (unpaired) electrons. The molecule has 0 amide bonds. The lowest BCUT2D eigenvalue weighted by atomic mass is 10.2. The van der Waals surface area contributed by atoms with Crippen LogP contribution in [-0.2, 0) is 5.88 Å². The molecule has 0 saturated heterocycles. The highest BCUT2D eigenvalue weighted by Crippen LogP contribution is 2.22. The average molecular weight is 286 g/mol. The number of alkyl halides is 1. The first-order chi connectivity index (χ1) is 9.76. The molecule has 0 aliphatic carbocycles. The highest BCUT2D eigenvalue weighted by molar-refractivity contribution is 6.17. The lowest BCUT2D eigenvalue weighted by Gasteiger charge is -2.06. The van der Waals surface area contributed by atoms with E-state index in [9.17, 15) is 0 Å². The summed E-state index contributed by atoms with van der Waals surface area (Å²) >= 11 is 5.78. The van der Waals surface area contributed by atoms with Gasteiger partial charge < -0.3 is 4.74 Å². The summed E-state index contributed by atoms with van der Waals surface area (Å²) in [6.07, 6.45) is 3.34. The van der Waals surface area contributed by atoms with Gasteiger partial charge in [0.05, 0.1) is 17.6 Å². The molecule has 4 nitrogen and oxygen atoms in total. The Morgan fingerprint density at radius 3 is 2.80 bits per heavy atom. The Labute approximate surface area is 121 Å². The molecule has 0 bridgehead atoms. The molecule has 3 rings (SSSR count). The standard InChI is InChI=1S/C15H12ClN3O/c1-10-12(7-16)8-18-15(19-10)20-13-6-11-4-2-3-5-14(11)17-9-13/h2-6,8-9H,7H2,1H3. The number of ether oxygens (including phenoxy) is 1. The molecule has 0 atom stereocenters. The van der Waals surface area contributed by atoms with Crippen LogP contribution in [0.3, 0.4) is 0 Å². The predicted octanol–water partition coefficient (Wildman–Crippen LogP) is 3.86. The summed E-state index contributed by atoms with van der Waals surface area (Å²) in [5, 5.41) is 1.01. The third kappa shape index (κ3) is 2.56. The van der Waals surface area contributed by atoms with E-state index in [0.717, 1.165) is 22.2 Å². The quantitative estimate of drug-likeness (QED) is 0.686. The highest BCUT2D eigenvalue weighted by Gasteiger charge is 2.05. The fourth-order valence-electron chi connectivity index (χ4n) is 1.86. The van der Waals surface area contributed by atoms with Crippen LogP contribution in [0.2, 0.25) is 0 Å². The van der Waals surface area contributed by atoms with E-state index in [1.165, 1.54) is 0 Å². The van der Waals surface area contributed by atoms with Crippen molar-refractivity contribution in [2.75, 3.05) is 0 Å². The molecule has 2 heterocycles. The molecule has 5 heteroatoms. The Morgan fingerprint density at radius 2 is 2.00 bits per heavy atom. The largest absolute Gasteiger partial charge is 0.423 e. The Kier molecular flexibility index (Phi) is 3.48. The first kappa shape index (κ1) is 12.8. The number of para-hydroxylation sites is 1. The van der Waals surface area contributed by atoms with Crippen LogP contribution in [0.5, 0.6) is 11.8 Å². The smallest absolute Gasteiger partial charge is 0.322 e. The molecule has 0 unspecified atom stereocenters. The lowest BCUT2D eigenvalue weighted by molar-refractivity contribution is 0.438. The van der Waals surface area contributed by atoms with E-state index in [0.29, 0.717) is 17.6 Å². The summed E-state index contributed by atoms with van der Waals surface area (Å²) in [7, 11) is 0. The van der Waals surface area contributed by atoms with E-state index >= 15 is 0 Å². The van der Waals surface area contributed by atoms with Gasteiger partial charge in [-0.05, 0) is 19.1 Å². The van der Waals surface area contributed by atoms with Crippen LogP contribution in [0, 0.1) is 6.92 Å². The third-order valence-electron chi connectivity index (χ3n) is 2.98. The predicted molar refractivity (Wildman–Crippen MR) is 78.1 cm³/mol. The average Bonchev–Trinajstić information content (AvgIpc) is 2.47. The number of fused-ring (bicyclic) bond motifs is 1. The zero-order valence-electron chi connectivity index (χ0n) is 10.9. The maximum atomic E-state index is 5.78. The van der Waals surface area contributed by atoms with Gasteiger partial charge in [0.15, 0.2) is 0 Å². The molecule has 2 aromatic heterocycles. The maximum Gasteiger partial charge on any atom is 0.322 e. The normalized spacial score (nSPS) is 10.7. The van der Waals surface area contributed by atoms with Crippen LogP contribution in [0.1, 0.15) is 11.3 Å². The number of hydrogen-bond donors (Lipinski definition) is 0. The second-order valence-corrected chi connectivity index (χ2v) is 4.63. The Balaban J connectivity index is 1.90. The number of pyridine rings is 1. The molecule has 100 valence electrons. The van der Waals surface area contributed by atoms with Crippen molar-refractivity contribution in [3.63, 3.8) is 0 Å². The zero-order valence-corrected chi connectivity index (χ0v) is 11.6. The summed E-state index contributed by atoms with van der Waals surface area (Å²) < 4.78 is 5.64. The number of hydrogen-bond acceptors (Lipinski definition) is 4. The van der Waals surface area contributed by atoms with E-state index in [4.69, 9.17) is 16.3 Å². The van der Waals surface area contributed by atoms with E-state index in [-0.39, 0.29) is 0 Å². The van der Waals surface area contributed by atoms with Crippen molar-refractivity contribution in [2.45, 2.75) is 12.8 Å². The monoisotopic (exact) mass is 285 g/mol. The molecule has 0 fully saturated rings. The Hall–Kier alpha value is -2.20. The summed E-state index contributed by atoms with van der Waals surface area (Å²) in [5.74, 6) is 1.01. The van der Waals surface area contributed by atoms with Crippen molar-refractivity contribution in [2.24, 2.45) is 0 Å². The SMILES string of the molecule is Cc1nc(Oc2cnc3ccccc3c2)ncc1CCl. The van der Waals surface area contributed by atoms with Crippen molar-refractivity contribution >= 4 is 22.5 Å². The number of aryl methyl sites for hydroxylation is 1. The van der Waals surface area contributed by atoms with Crippen molar-refractivity contribution in [1.82, 2.24) is 15.0 Å². The fourth-order valence-corrected chi connectivity index (χ4v) is 2.13. The van der Waals surface area contributed by atoms with E-state index < -0.39 is 0 Å². The second-order valence-electron chi connectivity index (χ2n) is 4.36. The number of nitrogens with zero attached hydrogens (tertiary/aromatic N) is 3. The summed E-state index contributed by atoms with van der Waals surface area (Å²) in [4.78, 5) is 12.7. The molecule has 0 aliphatic heterocycles. The molecule has 1 aromatic carbocycles. The summed E-state index contributed by atoms with van der Waals surface area (Å²) in [6, 6.07) is 10.1. The van der Waals surface area contributed by atoms with Gasteiger partial charge in [-0.25, -0.2) is 4.98 Å². The van der Waals surface area contributed by atoms with Crippen LogP contribution in [0.25, 0.3) is 10.9 Å². The highest BCUT2D eigenvalue weighted by atomic mass is 35.5. The number of benzene rings is 1. The van der Waals surface area contributed by atoms with E-state index in [2.05, 4.69) is 15.0 Å². The van der Waals surface area contributed by atoms with Crippen molar-refractivity contribution in [3.8, 4) is 11.8 Å². The minimum atomic E-state index is 0.299. The van der Waals surface area contributed by atoms with Gasteiger partial charge in [-0.15, -0.1) is 11.6 Å². The number of aromatic nitrogens is 3. The number of rotatable bonds is 3. The molecule has 0 N–H and O–H groups in total. The Morgan fingerprint density at radius 1 is 1.15 bits per heavy atom. The summed E-state index contributed by atoms with van der Waals surface area (Å²) in [6.45, 7) is 1.88. The second kappa shape index (κ2) is 5.43. The van der Waals surface area contributed by atoms with Crippen LogP contribution >= 0.6 is 11.6 Å². The number of halogens is 1. The first-order valence-corrected chi connectivity index (χ1v) is 6.71. The van der Waals surface area contributed by atoms with Crippen molar-refractivity contribution < 1.29 is 4.74 Å². The molecule has 0 aliphatic rings. The van der Waals surface area contributed by atoms with Gasteiger partial charge in [0.2, 0.25) is 0 Å². The van der Waals surface area contributed by atoms with E-state index in [1.807, 2.05) is 37.3 Å². The van der Waals surface area contributed by atoms with Crippen LogP contribution in [0.4, 0.5) is 0 Å². The van der Waals surface area contributed by atoms with Crippen LogP contribution in [0.15, 0.2) is 42.7 Å². The van der Waals surface area contributed by atoms with E-state index in [1.54, 1.807) is 12.4 Å². The maximum absolute atomic E-state index is 5.78. The third-order valence-corrected chi connectivity index (χ3v) is 3.27. The minimum absolute atomic E-state index is 0.299. The molecule has 3 aromatic rings. The van der Waals surface area contributed by atoms with Gasteiger partial charge in [0.25, 0.3) is 0 Å². The molecule has 0 saturated carbocycles. The Bertz CT molecular complexity index is 761. The minimum Gasteiger partial charge on any atom is -0.423 e. The fraction of sp³-hybridized carbons (Fsp3) is 0.133.